The zero-order valence-corrected chi connectivity index (χ0v) is 20.2. The number of primary amides is 1. The number of fused-ring (bicyclic) bond motifs is 1. The number of aromatic nitrogens is 2. The maximum atomic E-state index is 12.5. The zero-order valence-electron chi connectivity index (χ0n) is 20.2. The number of nitrogens with zero attached hydrogens (tertiary/aromatic N) is 2. The predicted octanol–water partition coefficient (Wildman–Crippen LogP) is 6.48. The summed E-state index contributed by atoms with van der Waals surface area (Å²) < 4.78 is 43.7. The normalized spacial score (nSPS) is 20.1. The molecule has 1 fully saturated rings. The lowest BCUT2D eigenvalue weighted by molar-refractivity contribution is -0.274. The van der Waals surface area contributed by atoms with Gasteiger partial charge in [0.2, 0.25) is 11.9 Å². The SMILES string of the molecule is CC1C[C@H](n2c(Nc3ccc(OC(F)(F)F)cc3)nc3cc(CCC(N)=O)ccc32)CC(C)(C)C1. The monoisotopic (exact) mass is 488 g/mol. The number of carbonyl (C=O) groups is 1. The highest BCUT2D eigenvalue weighted by Crippen LogP contribution is 2.46. The molecular weight excluding hydrogens is 457 g/mol. The molecule has 0 bridgehead atoms. The van der Waals surface area contributed by atoms with Crippen molar-refractivity contribution in [2.75, 3.05) is 5.32 Å². The molecule has 3 aromatic rings. The fourth-order valence-corrected chi connectivity index (χ4v) is 5.39. The van der Waals surface area contributed by atoms with Gasteiger partial charge in [-0.05, 0) is 79.0 Å². The summed E-state index contributed by atoms with van der Waals surface area (Å²) in [5, 5.41) is 3.30. The maximum absolute atomic E-state index is 12.5. The number of anilines is 2. The molecule has 1 amide bonds. The molecule has 6 nitrogen and oxygen atoms in total. The number of benzene rings is 2. The Morgan fingerprint density at radius 3 is 2.54 bits per heavy atom. The molecule has 0 aliphatic heterocycles. The lowest BCUT2D eigenvalue weighted by atomic mass is 9.70. The van der Waals surface area contributed by atoms with Gasteiger partial charge in [0.15, 0.2) is 0 Å². The van der Waals surface area contributed by atoms with Crippen molar-refractivity contribution in [2.24, 2.45) is 17.1 Å². The van der Waals surface area contributed by atoms with E-state index in [-0.39, 0.29) is 29.5 Å². The lowest BCUT2D eigenvalue weighted by Gasteiger charge is -2.40. The van der Waals surface area contributed by atoms with Crippen molar-refractivity contribution in [3.63, 3.8) is 0 Å². The van der Waals surface area contributed by atoms with E-state index < -0.39 is 6.36 Å². The largest absolute Gasteiger partial charge is 0.573 e. The van der Waals surface area contributed by atoms with Crippen LogP contribution in [0, 0.1) is 11.3 Å². The Balaban J connectivity index is 1.70. The first-order valence-corrected chi connectivity index (χ1v) is 11.8. The molecule has 0 radical (unpaired) electrons. The molecular formula is C26H31F3N4O2. The number of imidazole rings is 1. The summed E-state index contributed by atoms with van der Waals surface area (Å²) in [6.07, 6.45) is -0.797. The van der Waals surface area contributed by atoms with Gasteiger partial charge in [0, 0.05) is 18.2 Å². The Bertz CT molecular complexity index is 1200. The standard InChI is InChI=1S/C26H31F3N4O2/c1-16-12-19(15-25(2,3)14-16)33-22-10-4-17(5-11-23(30)34)13-21(22)32-24(33)31-18-6-8-20(9-7-18)35-26(27,28)29/h4,6-10,13,16,19H,5,11-12,14-15H2,1-3H3,(H2,30,34)(H,31,32)/t16?,19-/m0/s1. The van der Waals surface area contributed by atoms with Crippen molar-refractivity contribution >= 4 is 28.6 Å². The minimum Gasteiger partial charge on any atom is -0.406 e. The van der Waals surface area contributed by atoms with Crippen LogP contribution in [0.3, 0.4) is 0 Å². The van der Waals surface area contributed by atoms with Gasteiger partial charge in [0.25, 0.3) is 0 Å². The first-order valence-electron chi connectivity index (χ1n) is 11.8. The van der Waals surface area contributed by atoms with E-state index in [1.54, 1.807) is 0 Å². The first-order chi connectivity index (χ1) is 16.4. The zero-order chi connectivity index (χ0) is 25.4. The fraction of sp³-hybridized carbons (Fsp3) is 0.462. The first kappa shape index (κ1) is 24.9. The topological polar surface area (TPSA) is 82.2 Å². The van der Waals surface area contributed by atoms with Gasteiger partial charge < -0.3 is 20.4 Å². The van der Waals surface area contributed by atoms with Crippen LogP contribution in [0.4, 0.5) is 24.8 Å². The molecule has 1 aromatic heterocycles. The number of rotatable bonds is 7. The Labute approximate surface area is 202 Å². The summed E-state index contributed by atoms with van der Waals surface area (Å²) >= 11 is 0. The second-order valence-electron chi connectivity index (χ2n) is 10.4. The van der Waals surface area contributed by atoms with Gasteiger partial charge >= 0.3 is 6.36 Å². The van der Waals surface area contributed by atoms with E-state index >= 15 is 0 Å². The van der Waals surface area contributed by atoms with E-state index in [1.165, 1.54) is 24.3 Å². The van der Waals surface area contributed by atoms with Crippen LogP contribution in [0.15, 0.2) is 42.5 Å². The molecule has 1 saturated carbocycles. The second-order valence-corrected chi connectivity index (χ2v) is 10.4. The molecule has 0 saturated heterocycles. The summed E-state index contributed by atoms with van der Waals surface area (Å²) in [5.41, 5.74) is 8.83. The number of ether oxygens (including phenoxy) is 1. The van der Waals surface area contributed by atoms with E-state index in [1.807, 2.05) is 18.2 Å². The Morgan fingerprint density at radius 2 is 1.91 bits per heavy atom. The summed E-state index contributed by atoms with van der Waals surface area (Å²) in [4.78, 5) is 16.1. The molecule has 1 unspecified atom stereocenters. The Hall–Kier alpha value is -3.23. The molecule has 1 aliphatic carbocycles. The van der Waals surface area contributed by atoms with Crippen molar-refractivity contribution in [3.05, 3.63) is 48.0 Å². The number of aryl methyl sites for hydroxylation is 1. The number of nitrogens with one attached hydrogen (secondary N) is 1. The van der Waals surface area contributed by atoms with E-state index in [9.17, 15) is 18.0 Å². The van der Waals surface area contributed by atoms with Crippen molar-refractivity contribution in [2.45, 2.75) is 65.3 Å². The Kier molecular flexibility index (Phi) is 6.71. The number of amides is 1. The predicted molar refractivity (Wildman–Crippen MR) is 129 cm³/mol. The van der Waals surface area contributed by atoms with Crippen molar-refractivity contribution < 1.29 is 22.7 Å². The van der Waals surface area contributed by atoms with Gasteiger partial charge in [0.05, 0.1) is 11.0 Å². The van der Waals surface area contributed by atoms with Crippen LogP contribution in [0.5, 0.6) is 5.75 Å². The van der Waals surface area contributed by atoms with Crippen molar-refractivity contribution in [1.82, 2.24) is 9.55 Å². The van der Waals surface area contributed by atoms with Gasteiger partial charge in [-0.3, -0.25) is 4.79 Å². The molecule has 1 aliphatic rings. The molecule has 9 heteroatoms. The van der Waals surface area contributed by atoms with E-state index in [0.29, 0.717) is 24.0 Å². The highest BCUT2D eigenvalue weighted by Gasteiger charge is 2.35. The molecule has 1 heterocycles. The minimum atomic E-state index is -4.74. The summed E-state index contributed by atoms with van der Waals surface area (Å²) in [5.74, 6) is 0.544. The Morgan fingerprint density at radius 1 is 1.20 bits per heavy atom. The van der Waals surface area contributed by atoms with Gasteiger partial charge in [-0.15, -0.1) is 13.2 Å². The third kappa shape index (κ3) is 6.26. The third-order valence-electron chi connectivity index (χ3n) is 6.49. The maximum Gasteiger partial charge on any atom is 0.573 e. The van der Waals surface area contributed by atoms with Gasteiger partial charge in [0.1, 0.15) is 5.75 Å². The molecule has 2 atom stereocenters. The summed E-state index contributed by atoms with van der Waals surface area (Å²) in [7, 11) is 0. The smallest absolute Gasteiger partial charge is 0.406 e. The highest BCUT2D eigenvalue weighted by atomic mass is 19.4. The van der Waals surface area contributed by atoms with Gasteiger partial charge in [-0.2, -0.15) is 0 Å². The average Bonchev–Trinajstić information content (AvgIpc) is 3.08. The minimum absolute atomic E-state index is 0.175. The van der Waals surface area contributed by atoms with E-state index in [2.05, 4.69) is 35.4 Å². The van der Waals surface area contributed by atoms with Gasteiger partial charge in [-0.25, -0.2) is 4.98 Å². The third-order valence-corrected chi connectivity index (χ3v) is 6.49. The van der Waals surface area contributed by atoms with E-state index in [0.717, 1.165) is 35.9 Å². The fourth-order valence-electron chi connectivity index (χ4n) is 5.39. The molecule has 35 heavy (non-hydrogen) atoms. The van der Waals surface area contributed by atoms with Crippen LogP contribution < -0.4 is 15.8 Å². The quantitative estimate of drug-likeness (QED) is 0.399. The molecule has 2 aromatic carbocycles. The van der Waals surface area contributed by atoms with Crippen LogP contribution in [-0.4, -0.2) is 21.8 Å². The van der Waals surface area contributed by atoms with Crippen molar-refractivity contribution in [1.29, 1.82) is 0 Å². The van der Waals surface area contributed by atoms with Crippen LogP contribution in [0.2, 0.25) is 0 Å². The summed E-state index contributed by atoms with van der Waals surface area (Å²) in [6, 6.07) is 11.8. The number of hydrogen-bond acceptors (Lipinski definition) is 4. The van der Waals surface area contributed by atoms with Crippen LogP contribution in [0.1, 0.15) is 58.1 Å². The van der Waals surface area contributed by atoms with Gasteiger partial charge in [-0.1, -0.05) is 26.8 Å². The average molecular weight is 489 g/mol. The number of nitrogens with two attached hydrogens (primary N) is 1. The second kappa shape index (κ2) is 9.43. The van der Waals surface area contributed by atoms with Crippen LogP contribution >= 0.6 is 0 Å². The summed E-state index contributed by atoms with van der Waals surface area (Å²) in [6.45, 7) is 6.83. The number of alkyl halides is 3. The molecule has 3 N–H and O–H groups in total. The van der Waals surface area contributed by atoms with Crippen molar-refractivity contribution in [3.8, 4) is 5.75 Å². The molecule has 188 valence electrons. The molecule has 4 rings (SSSR count). The van der Waals surface area contributed by atoms with Crippen LogP contribution in [-0.2, 0) is 11.2 Å². The number of hydrogen-bond donors (Lipinski definition) is 2. The highest BCUT2D eigenvalue weighted by molar-refractivity contribution is 5.81. The van der Waals surface area contributed by atoms with Crippen LogP contribution in [0.25, 0.3) is 11.0 Å². The van der Waals surface area contributed by atoms with E-state index in [4.69, 9.17) is 10.7 Å². The lowest BCUT2D eigenvalue weighted by Crippen LogP contribution is -2.29. The molecule has 0 spiro atoms. The number of carbonyl (C=O) groups excluding carboxylic acids is 1. The number of halogens is 3.